The Morgan fingerprint density at radius 3 is 2.67 bits per heavy atom. The van der Waals surface area contributed by atoms with Gasteiger partial charge in [0, 0.05) is 5.41 Å². The highest BCUT2D eigenvalue weighted by Gasteiger charge is 2.68. The number of allylic oxidation sites excluding steroid dienone is 1. The third-order valence-electron chi connectivity index (χ3n) is 11.9. The van der Waals surface area contributed by atoms with E-state index in [1.807, 2.05) is 42.1 Å². The van der Waals surface area contributed by atoms with Gasteiger partial charge in [0.1, 0.15) is 16.4 Å². The standard InChI is InChI=1S/C36H37FN4O3S/c1-34-16-21-18-39-41(24-10-8-23(37)9-11-24)29(21)15-22(34)7-12-25-26-13-14-36(44,35(26,2)17-30(42)33(25)34)31(43)20-45-32-19-38-27-5-3-4-6-28(27)40-32/h3-6,8-11,15,18-19,25-26,30,33,42,44H,7,12-14,16-17,20H2,1-2H3/t25?,26?,30?,33?,34?,35?,36-/m0/s1. The summed E-state index contributed by atoms with van der Waals surface area (Å²) in [6, 6.07) is 14.0. The number of ketones is 1. The number of carbonyl (C=O) groups is 1. The molecule has 6 unspecified atom stereocenters. The minimum atomic E-state index is -1.49. The number of para-hydroxylation sites is 2. The van der Waals surface area contributed by atoms with Crippen LogP contribution in [-0.2, 0) is 11.2 Å². The summed E-state index contributed by atoms with van der Waals surface area (Å²) in [6.45, 7) is 4.33. The maximum absolute atomic E-state index is 13.9. The molecule has 0 aliphatic heterocycles. The van der Waals surface area contributed by atoms with Gasteiger partial charge >= 0.3 is 0 Å². The monoisotopic (exact) mass is 624 g/mol. The third-order valence-corrected chi connectivity index (χ3v) is 12.8. The average Bonchev–Trinajstić information content (AvgIpc) is 3.55. The van der Waals surface area contributed by atoms with Crippen molar-refractivity contribution >= 4 is 34.7 Å². The van der Waals surface area contributed by atoms with Crippen LogP contribution in [-0.4, -0.2) is 53.2 Å². The molecule has 4 aliphatic carbocycles. The Morgan fingerprint density at radius 2 is 1.87 bits per heavy atom. The van der Waals surface area contributed by atoms with Gasteiger partial charge in [-0.05, 0) is 110 Å². The number of aliphatic hydroxyl groups is 2. The van der Waals surface area contributed by atoms with Crippen molar-refractivity contribution in [2.24, 2.45) is 28.6 Å². The Labute approximate surface area is 266 Å². The van der Waals surface area contributed by atoms with Gasteiger partial charge < -0.3 is 10.2 Å². The summed E-state index contributed by atoms with van der Waals surface area (Å²) in [5, 5.41) is 29.5. The molecular weight excluding hydrogens is 587 g/mol. The molecule has 232 valence electrons. The Hall–Kier alpha value is -3.40. The molecule has 7 atom stereocenters. The summed E-state index contributed by atoms with van der Waals surface area (Å²) in [5.41, 5.74) is 3.43. The fourth-order valence-electron chi connectivity index (χ4n) is 9.70. The maximum Gasteiger partial charge on any atom is 0.175 e. The number of rotatable bonds is 5. The molecule has 2 aromatic carbocycles. The van der Waals surface area contributed by atoms with E-state index in [9.17, 15) is 19.4 Å². The summed E-state index contributed by atoms with van der Waals surface area (Å²) in [5.74, 6) is 0.0265. The van der Waals surface area contributed by atoms with E-state index in [0.29, 0.717) is 17.9 Å². The van der Waals surface area contributed by atoms with Crippen LogP contribution in [0.5, 0.6) is 0 Å². The fourth-order valence-corrected chi connectivity index (χ4v) is 10.5. The smallest absolute Gasteiger partial charge is 0.175 e. The van der Waals surface area contributed by atoms with Gasteiger partial charge in [-0.25, -0.2) is 14.1 Å². The highest BCUT2D eigenvalue weighted by Crippen LogP contribution is 2.67. The molecule has 8 rings (SSSR count). The highest BCUT2D eigenvalue weighted by atomic mass is 32.2. The minimum absolute atomic E-state index is 0.0256. The lowest BCUT2D eigenvalue weighted by Crippen LogP contribution is -2.62. The highest BCUT2D eigenvalue weighted by molar-refractivity contribution is 7.99. The first-order valence-electron chi connectivity index (χ1n) is 15.9. The van der Waals surface area contributed by atoms with Crippen LogP contribution in [0.3, 0.4) is 0 Å². The van der Waals surface area contributed by atoms with Gasteiger partial charge in [0.15, 0.2) is 5.78 Å². The number of carbonyl (C=O) groups excluding carboxylic acids is 1. The lowest BCUT2D eigenvalue weighted by molar-refractivity contribution is -0.177. The Morgan fingerprint density at radius 1 is 1.09 bits per heavy atom. The molecule has 0 amide bonds. The lowest BCUT2D eigenvalue weighted by Gasteiger charge is -2.60. The lowest BCUT2D eigenvalue weighted by atomic mass is 9.45. The van der Waals surface area contributed by atoms with E-state index in [2.05, 4.69) is 28.1 Å². The molecule has 0 bridgehead atoms. The number of fused-ring (bicyclic) bond motifs is 7. The second kappa shape index (κ2) is 10.3. The number of aliphatic hydroxyl groups excluding tert-OH is 1. The van der Waals surface area contributed by atoms with Crippen molar-refractivity contribution in [3.63, 3.8) is 0 Å². The van der Waals surface area contributed by atoms with Crippen LogP contribution >= 0.6 is 11.8 Å². The number of nitrogens with zero attached hydrogens (tertiary/aromatic N) is 4. The fraction of sp³-hybridized carbons (Fsp3) is 0.444. The minimum Gasteiger partial charge on any atom is -0.393 e. The summed E-state index contributed by atoms with van der Waals surface area (Å²) < 4.78 is 15.5. The first kappa shape index (κ1) is 29.0. The maximum atomic E-state index is 13.9. The van der Waals surface area contributed by atoms with Gasteiger partial charge in [0.2, 0.25) is 0 Å². The number of aromatic nitrogens is 4. The topological polar surface area (TPSA) is 101 Å². The van der Waals surface area contributed by atoms with Gasteiger partial charge in [-0.1, -0.05) is 43.3 Å². The van der Waals surface area contributed by atoms with Crippen LogP contribution < -0.4 is 0 Å². The van der Waals surface area contributed by atoms with Crippen molar-refractivity contribution in [3.8, 4) is 5.69 Å². The van der Waals surface area contributed by atoms with E-state index in [1.54, 1.807) is 18.3 Å². The van der Waals surface area contributed by atoms with Crippen molar-refractivity contribution in [3.05, 3.63) is 83.6 Å². The molecule has 2 aromatic heterocycles. The molecule has 45 heavy (non-hydrogen) atoms. The van der Waals surface area contributed by atoms with E-state index in [0.717, 1.165) is 53.7 Å². The molecule has 3 saturated carbocycles. The van der Waals surface area contributed by atoms with Gasteiger partial charge in [-0.15, -0.1) is 0 Å². The predicted octanol–water partition coefficient (Wildman–Crippen LogP) is 6.20. The average molecular weight is 625 g/mol. The summed E-state index contributed by atoms with van der Waals surface area (Å²) in [6.07, 6.45) is 9.36. The van der Waals surface area contributed by atoms with Crippen molar-refractivity contribution in [1.82, 2.24) is 19.7 Å². The molecule has 2 N–H and O–H groups in total. The Kier molecular flexibility index (Phi) is 6.65. The summed E-state index contributed by atoms with van der Waals surface area (Å²) >= 11 is 1.32. The molecule has 9 heteroatoms. The van der Waals surface area contributed by atoms with Crippen LogP contribution in [0.2, 0.25) is 0 Å². The Balaban J connectivity index is 1.04. The van der Waals surface area contributed by atoms with Crippen LogP contribution in [0.25, 0.3) is 22.8 Å². The van der Waals surface area contributed by atoms with Crippen LogP contribution in [0, 0.1) is 34.4 Å². The molecule has 4 aliphatic rings. The van der Waals surface area contributed by atoms with E-state index in [1.165, 1.54) is 29.5 Å². The van der Waals surface area contributed by atoms with E-state index < -0.39 is 17.1 Å². The zero-order chi connectivity index (χ0) is 31.1. The van der Waals surface area contributed by atoms with Crippen LogP contribution in [0.1, 0.15) is 57.2 Å². The quantitative estimate of drug-likeness (QED) is 0.255. The SMILES string of the molecule is CC12Cc3cnn(-c4ccc(F)cc4)c3C=C1CCC1C2C(O)CC2(C)C1CC[C@]2(O)C(=O)CSc1cnc2ccccc2n1. The zero-order valence-electron chi connectivity index (χ0n) is 25.5. The van der Waals surface area contributed by atoms with E-state index in [4.69, 9.17) is 0 Å². The van der Waals surface area contributed by atoms with Crippen molar-refractivity contribution < 1.29 is 19.4 Å². The molecule has 7 nitrogen and oxygen atoms in total. The second-order valence-electron chi connectivity index (χ2n) is 14.0. The largest absolute Gasteiger partial charge is 0.393 e. The van der Waals surface area contributed by atoms with Crippen LogP contribution in [0.4, 0.5) is 4.39 Å². The predicted molar refractivity (Wildman–Crippen MR) is 171 cm³/mol. The molecule has 0 radical (unpaired) electrons. The molecule has 0 saturated heterocycles. The zero-order valence-corrected chi connectivity index (χ0v) is 26.3. The molecule has 3 fully saturated rings. The van der Waals surface area contributed by atoms with E-state index in [-0.39, 0.29) is 40.5 Å². The number of halogens is 1. The third kappa shape index (κ3) is 4.30. The Bertz CT molecular complexity index is 1860. The van der Waals surface area contributed by atoms with Gasteiger partial charge in [0.25, 0.3) is 0 Å². The van der Waals surface area contributed by atoms with Crippen LogP contribution in [0.15, 0.2) is 71.5 Å². The molecular formula is C36H37FN4O3S. The number of benzene rings is 2. The number of hydrogen-bond acceptors (Lipinski definition) is 7. The summed E-state index contributed by atoms with van der Waals surface area (Å²) in [7, 11) is 0. The molecule has 4 aromatic rings. The van der Waals surface area contributed by atoms with Gasteiger partial charge in [0.05, 0.1) is 46.7 Å². The van der Waals surface area contributed by atoms with Crippen molar-refractivity contribution in [2.45, 2.75) is 69.1 Å². The first-order chi connectivity index (χ1) is 21.6. The normalized spacial score (nSPS) is 33.6. The molecule has 2 heterocycles. The van der Waals surface area contributed by atoms with Gasteiger partial charge in [-0.2, -0.15) is 5.10 Å². The van der Waals surface area contributed by atoms with Crippen molar-refractivity contribution in [2.75, 3.05) is 5.75 Å². The number of hydrogen-bond donors (Lipinski definition) is 2. The number of thioether (sulfide) groups is 1. The second-order valence-corrected chi connectivity index (χ2v) is 15.0. The molecule has 0 spiro atoms. The van der Waals surface area contributed by atoms with E-state index >= 15 is 0 Å². The number of Topliss-reactive ketones (excluding diaryl/α,β-unsaturated/α-hetero) is 1. The van der Waals surface area contributed by atoms with Crippen molar-refractivity contribution in [1.29, 1.82) is 0 Å². The summed E-state index contributed by atoms with van der Waals surface area (Å²) in [4.78, 5) is 23.0. The van der Waals surface area contributed by atoms with Gasteiger partial charge in [-0.3, -0.25) is 9.78 Å². The first-order valence-corrected chi connectivity index (χ1v) is 16.9.